The van der Waals surface area contributed by atoms with Crippen molar-refractivity contribution < 1.29 is 17.9 Å². The molecule has 0 saturated carbocycles. The van der Waals surface area contributed by atoms with E-state index >= 15 is 0 Å². The molecule has 5 rings (SSSR count). The Morgan fingerprint density at radius 1 is 0.850 bits per heavy atom. The van der Waals surface area contributed by atoms with Crippen LogP contribution in [0.4, 0.5) is 0 Å². The number of sulfonamides is 1. The molecule has 0 aliphatic heterocycles. The van der Waals surface area contributed by atoms with Crippen LogP contribution in [0.15, 0.2) is 102 Å². The van der Waals surface area contributed by atoms with Crippen LogP contribution in [0.3, 0.4) is 0 Å². The Morgan fingerprint density at radius 2 is 1.55 bits per heavy atom. The van der Waals surface area contributed by atoms with Gasteiger partial charge in [-0.2, -0.15) is 8.75 Å². The number of aromatic nitrogens is 2. The summed E-state index contributed by atoms with van der Waals surface area (Å²) in [6, 6.07) is 28.8. The molecule has 0 aliphatic rings. The summed E-state index contributed by atoms with van der Waals surface area (Å²) in [5.41, 5.74) is 3.71. The second-order valence-electron chi connectivity index (χ2n) is 10.6. The van der Waals surface area contributed by atoms with Gasteiger partial charge in [0.25, 0.3) is 10.0 Å². The van der Waals surface area contributed by atoms with Crippen molar-refractivity contribution in [1.82, 2.24) is 13.5 Å². The minimum Gasteiger partial charge on any atom is -0.457 e. The summed E-state index contributed by atoms with van der Waals surface area (Å²) in [6.07, 6.45) is 0.249. The molecule has 0 bridgehead atoms. The average Bonchev–Trinajstić information content (AvgIpc) is 3.40. The monoisotopic (exact) mass is 571 g/mol. The Morgan fingerprint density at radius 3 is 2.27 bits per heavy atom. The van der Waals surface area contributed by atoms with E-state index in [4.69, 9.17) is 4.74 Å². The summed E-state index contributed by atoms with van der Waals surface area (Å²) >= 11 is 1.09. The first-order valence-electron chi connectivity index (χ1n) is 12.8. The molecule has 0 radical (unpaired) electrons. The molecule has 204 valence electrons. The lowest BCUT2D eigenvalue weighted by atomic mass is 9.87. The third kappa shape index (κ3) is 6.38. The van der Waals surface area contributed by atoms with Crippen LogP contribution in [0.5, 0.6) is 11.5 Å². The van der Waals surface area contributed by atoms with E-state index in [9.17, 15) is 13.2 Å². The number of nitrogens with zero attached hydrogens (tertiary/aromatic N) is 2. The number of hydrogen-bond acceptors (Lipinski definition) is 7. The molecule has 1 atom stereocenters. The van der Waals surface area contributed by atoms with Gasteiger partial charge >= 0.3 is 0 Å². The van der Waals surface area contributed by atoms with E-state index in [1.54, 1.807) is 30.3 Å². The zero-order chi connectivity index (χ0) is 28.3. The Kier molecular flexibility index (Phi) is 7.69. The molecule has 0 aliphatic carbocycles. The van der Waals surface area contributed by atoms with Crippen molar-refractivity contribution in [2.45, 2.75) is 43.4 Å². The number of carbonyl (C=O) groups is 1. The van der Waals surface area contributed by atoms with E-state index in [0.29, 0.717) is 22.6 Å². The molecular weight excluding hydrogens is 542 g/mol. The van der Waals surface area contributed by atoms with Gasteiger partial charge in [-0.1, -0.05) is 69.3 Å². The molecule has 7 nitrogen and oxygen atoms in total. The Hall–Kier alpha value is -4.08. The van der Waals surface area contributed by atoms with Crippen molar-refractivity contribution in [3.05, 3.63) is 114 Å². The smallest absolute Gasteiger partial charge is 0.264 e. The van der Waals surface area contributed by atoms with E-state index in [1.165, 1.54) is 12.1 Å². The van der Waals surface area contributed by atoms with Gasteiger partial charge < -0.3 is 4.74 Å². The standard InChI is InChI=1S/C31H29N3O4S2/c1-31(2,3)23-13-15-26(16-14-23)40(36,37)34-30(35)27(22-12-17-28-29(20-22)33-39-32-28)19-21-8-7-11-25(18-21)38-24-9-5-4-6-10-24/h4-18,20,27H,19H2,1-3H3,(H,34,35). The lowest BCUT2D eigenvalue weighted by molar-refractivity contribution is -0.120. The molecule has 0 fully saturated rings. The first kappa shape index (κ1) is 27.5. The molecule has 4 aromatic carbocycles. The Balaban J connectivity index is 1.44. The minimum atomic E-state index is -4.10. The summed E-state index contributed by atoms with van der Waals surface area (Å²) in [5.74, 6) is -0.119. The van der Waals surface area contributed by atoms with Crippen LogP contribution in [0.1, 0.15) is 43.4 Å². The van der Waals surface area contributed by atoms with E-state index in [-0.39, 0.29) is 16.7 Å². The first-order valence-corrected chi connectivity index (χ1v) is 15.0. The Bertz CT molecular complexity index is 1740. The van der Waals surface area contributed by atoms with Gasteiger partial charge in [-0.05, 0) is 77.1 Å². The largest absolute Gasteiger partial charge is 0.457 e. The second kappa shape index (κ2) is 11.2. The van der Waals surface area contributed by atoms with Crippen LogP contribution in [0.25, 0.3) is 11.0 Å². The van der Waals surface area contributed by atoms with Gasteiger partial charge in [-0.25, -0.2) is 13.1 Å². The maximum absolute atomic E-state index is 13.7. The van der Waals surface area contributed by atoms with Gasteiger partial charge in [0.05, 0.1) is 22.5 Å². The van der Waals surface area contributed by atoms with Gasteiger partial charge in [0.1, 0.15) is 22.5 Å². The number of carbonyl (C=O) groups excluding carboxylic acids is 1. The molecule has 0 spiro atoms. The van der Waals surface area contributed by atoms with Gasteiger partial charge in [0.2, 0.25) is 5.91 Å². The number of amides is 1. The summed E-state index contributed by atoms with van der Waals surface area (Å²) < 4.78 is 43.3. The SMILES string of the molecule is CC(C)(C)c1ccc(S(=O)(=O)NC(=O)C(Cc2cccc(Oc3ccccc3)c2)c2ccc3nsnc3c2)cc1. The van der Waals surface area contributed by atoms with Gasteiger partial charge in [0, 0.05) is 0 Å². The number of nitrogens with one attached hydrogen (secondary N) is 1. The Labute approximate surface area is 238 Å². The maximum atomic E-state index is 13.7. The van der Waals surface area contributed by atoms with Crippen LogP contribution in [-0.4, -0.2) is 23.1 Å². The van der Waals surface area contributed by atoms with E-state index in [2.05, 4.69) is 34.2 Å². The molecule has 1 unspecified atom stereocenters. The second-order valence-corrected chi connectivity index (χ2v) is 12.8. The summed E-state index contributed by atoms with van der Waals surface area (Å²) in [4.78, 5) is 13.7. The zero-order valence-electron chi connectivity index (χ0n) is 22.4. The molecule has 9 heteroatoms. The molecule has 1 amide bonds. The third-order valence-electron chi connectivity index (χ3n) is 6.58. The fraction of sp³-hybridized carbons (Fsp3) is 0.194. The fourth-order valence-corrected chi connectivity index (χ4v) is 5.91. The van der Waals surface area contributed by atoms with E-state index in [1.807, 2.05) is 54.6 Å². The summed E-state index contributed by atoms with van der Waals surface area (Å²) in [5, 5.41) is 0. The number of fused-ring (bicyclic) bond motifs is 1. The van der Waals surface area contributed by atoms with Crippen molar-refractivity contribution in [3.63, 3.8) is 0 Å². The van der Waals surface area contributed by atoms with Crippen molar-refractivity contribution in [1.29, 1.82) is 0 Å². The van der Waals surface area contributed by atoms with Crippen LogP contribution in [0.2, 0.25) is 0 Å². The molecular formula is C31H29N3O4S2. The van der Waals surface area contributed by atoms with Crippen molar-refractivity contribution in [2.75, 3.05) is 0 Å². The van der Waals surface area contributed by atoms with Gasteiger partial charge in [0.15, 0.2) is 0 Å². The lowest BCUT2D eigenvalue weighted by Gasteiger charge is -2.20. The predicted octanol–water partition coefficient (Wildman–Crippen LogP) is 6.61. The van der Waals surface area contributed by atoms with Crippen LogP contribution in [-0.2, 0) is 26.7 Å². The zero-order valence-corrected chi connectivity index (χ0v) is 24.0. The lowest BCUT2D eigenvalue weighted by Crippen LogP contribution is -2.35. The first-order chi connectivity index (χ1) is 19.1. The molecule has 40 heavy (non-hydrogen) atoms. The van der Waals surface area contributed by atoms with Gasteiger partial charge in [-0.3, -0.25) is 4.79 Å². The van der Waals surface area contributed by atoms with Crippen LogP contribution < -0.4 is 9.46 Å². The number of para-hydroxylation sites is 1. The number of benzene rings is 4. The number of rotatable bonds is 8. The fourth-order valence-electron chi connectivity index (χ4n) is 4.37. The molecule has 1 aromatic heterocycles. The highest BCUT2D eigenvalue weighted by Crippen LogP contribution is 2.29. The van der Waals surface area contributed by atoms with Crippen LogP contribution in [0, 0.1) is 0 Å². The summed E-state index contributed by atoms with van der Waals surface area (Å²) in [6.45, 7) is 6.16. The predicted molar refractivity (Wildman–Crippen MR) is 157 cm³/mol. The van der Waals surface area contributed by atoms with Crippen molar-refractivity contribution in [2.24, 2.45) is 0 Å². The van der Waals surface area contributed by atoms with Crippen molar-refractivity contribution >= 4 is 38.7 Å². The molecule has 1 heterocycles. The van der Waals surface area contributed by atoms with Crippen molar-refractivity contribution in [3.8, 4) is 11.5 Å². The van der Waals surface area contributed by atoms with E-state index in [0.717, 1.165) is 28.4 Å². The highest BCUT2D eigenvalue weighted by molar-refractivity contribution is 7.90. The third-order valence-corrected chi connectivity index (χ3v) is 8.50. The quantitative estimate of drug-likeness (QED) is 0.225. The number of hydrogen-bond donors (Lipinski definition) is 1. The average molecular weight is 572 g/mol. The minimum absolute atomic E-state index is 0.0324. The summed E-state index contributed by atoms with van der Waals surface area (Å²) in [7, 11) is -4.10. The maximum Gasteiger partial charge on any atom is 0.264 e. The topological polar surface area (TPSA) is 98.2 Å². The van der Waals surface area contributed by atoms with Crippen LogP contribution >= 0.6 is 11.7 Å². The van der Waals surface area contributed by atoms with E-state index < -0.39 is 21.8 Å². The highest BCUT2D eigenvalue weighted by Gasteiger charge is 2.27. The molecule has 5 aromatic rings. The highest BCUT2D eigenvalue weighted by atomic mass is 32.2. The van der Waals surface area contributed by atoms with Gasteiger partial charge in [-0.15, -0.1) is 0 Å². The number of ether oxygens (including phenoxy) is 1. The molecule has 1 N–H and O–H groups in total. The normalized spacial score (nSPS) is 12.7. The molecule has 0 saturated heterocycles.